The number of primary amides is 1. The normalized spacial score (nSPS) is 18.0. The van der Waals surface area contributed by atoms with Gasteiger partial charge in [0.1, 0.15) is 0 Å². The van der Waals surface area contributed by atoms with Crippen LogP contribution < -0.4 is 11.2 Å². The Hall–Kier alpha value is -2.93. The second-order valence-corrected chi connectivity index (χ2v) is 7.18. The van der Waals surface area contributed by atoms with Crippen LogP contribution in [0.2, 0.25) is 0 Å². The molecule has 1 aliphatic heterocycles. The van der Waals surface area contributed by atoms with Gasteiger partial charge in [-0.15, -0.1) is 0 Å². The predicted molar refractivity (Wildman–Crippen MR) is 103 cm³/mol. The van der Waals surface area contributed by atoms with Gasteiger partial charge in [-0.2, -0.15) is 5.10 Å². The molecule has 7 heteroatoms. The Morgan fingerprint density at radius 3 is 2.89 bits per heavy atom. The Morgan fingerprint density at radius 1 is 1.30 bits per heavy atom. The van der Waals surface area contributed by atoms with Crippen molar-refractivity contribution in [3.05, 3.63) is 63.7 Å². The van der Waals surface area contributed by atoms with Crippen LogP contribution in [0, 0.1) is 0 Å². The number of aromatic amines is 1. The van der Waals surface area contributed by atoms with E-state index in [4.69, 9.17) is 5.73 Å². The average Bonchev–Trinajstić information content (AvgIpc) is 3.08. The summed E-state index contributed by atoms with van der Waals surface area (Å²) in [5.74, 6) is -0.535. The van der Waals surface area contributed by atoms with Crippen molar-refractivity contribution >= 4 is 16.8 Å². The van der Waals surface area contributed by atoms with Gasteiger partial charge in [-0.05, 0) is 43.7 Å². The van der Waals surface area contributed by atoms with Crippen LogP contribution in [-0.2, 0) is 13.6 Å². The number of aryl methyl sites for hydroxylation is 1. The van der Waals surface area contributed by atoms with Crippen molar-refractivity contribution in [2.45, 2.75) is 31.8 Å². The number of aromatic nitrogens is 3. The molecule has 2 aromatic heterocycles. The molecule has 1 aliphatic rings. The molecule has 1 amide bonds. The molecule has 4 rings (SSSR count). The number of hydrogen-bond acceptors (Lipinski definition) is 4. The van der Waals surface area contributed by atoms with E-state index < -0.39 is 5.91 Å². The first-order valence-electron chi connectivity index (χ1n) is 9.20. The Labute approximate surface area is 156 Å². The maximum Gasteiger partial charge on any atom is 0.248 e. The molecule has 1 aromatic carbocycles. The maximum atomic E-state index is 12.6. The monoisotopic (exact) mass is 365 g/mol. The summed E-state index contributed by atoms with van der Waals surface area (Å²) in [6, 6.07) is 8.89. The molecule has 7 nitrogen and oxygen atoms in total. The minimum Gasteiger partial charge on any atom is -0.366 e. The van der Waals surface area contributed by atoms with Gasteiger partial charge in [0.2, 0.25) is 5.91 Å². The number of nitrogens with two attached hydrogens (primary N) is 1. The van der Waals surface area contributed by atoms with Gasteiger partial charge in [0.05, 0.1) is 11.7 Å². The summed E-state index contributed by atoms with van der Waals surface area (Å²) in [6.07, 6.45) is 5.36. The number of fused-ring (bicyclic) bond motifs is 1. The van der Waals surface area contributed by atoms with Gasteiger partial charge >= 0.3 is 0 Å². The number of likely N-dealkylation sites (tertiary alicyclic amines) is 1. The van der Waals surface area contributed by atoms with E-state index in [1.165, 1.54) is 6.42 Å². The van der Waals surface area contributed by atoms with Gasteiger partial charge in [0.25, 0.3) is 0 Å². The fourth-order valence-electron chi connectivity index (χ4n) is 3.89. The van der Waals surface area contributed by atoms with E-state index in [-0.39, 0.29) is 11.5 Å². The zero-order chi connectivity index (χ0) is 19.0. The van der Waals surface area contributed by atoms with E-state index in [1.807, 2.05) is 17.9 Å². The second kappa shape index (κ2) is 7.00. The molecule has 0 aliphatic carbocycles. The van der Waals surface area contributed by atoms with Crippen molar-refractivity contribution in [2.75, 3.05) is 6.54 Å². The van der Waals surface area contributed by atoms with E-state index in [1.54, 1.807) is 24.3 Å². The van der Waals surface area contributed by atoms with Crippen molar-refractivity contribution in [2.24, 2.45) is 12.8 Å². The fraction of sp³-hybridized carbons (Fsp3) is 0.350. The van der Waals surface area contributed by atoms with Crippen molar-refractivity contribution in [3.8, 4) is 0 Å². The molecule has 3 N–H and O–H groups in total. The highest BCUT2D eigenvalue weighted by Gasteiger charge is 2.26. The molecule has 3 heterocycles. The van der Waals surface area contributed by atoms with Crippen molar-refractivity contribution in [3.63, 3.8) is 0 Å². The quantitative estimate of drug-likeness (QED) is 0.740. The molecule has 0 saturated carbocycles. The first-order chi connectivity index (χ1) is 13.0. The van der Waals surface area contributed by atoms with Crippen LogP contribution in [0.15, 0.2) is 41.3 Å². The summed E-state index contributed by atoms with van der Waals surface area (Å²) in [5, 5.41) is 5.06. The number of nitrogens with one attached hydrogen (secondary N) is 1. The smallest absolute Gasteiger partial charge is 0.248 e. The molecular weight excluding hydrogens is 342 g/mol. The Morgan fingerprint density at radius 2 is 2.15 bits per heavy atom. The highest BCUT2D eigenvalue weighted by Crippen LogP contribution is 2.30. The minimum absolute atomic E-state index is 0.103. The Balaban J connectivity index is 1.64. The maximum absolute atomic E-state index is 12.6. The topological polar surface area (TPSA) is 97.0 Å². The Kier molecular flexibility index (Phi) is 4.53. The summed E-state index contributed by atoms with van der Waals surface area (Å²) in [6.45, 7) is 1.63. The molecule has 3 aromatic rings. The standard InChI is InChI=1S/C20H23N5O2/c1-24-9-7-17(23-24)18-4-2-3-8-25(18)12-14-11-19(26)15-10-13(20(21)27)5-6-16(15)22-14/h5-7,9-11,18H,2-4,8,12H2,1H3,(H2,21,27)(H,22,26). The largest absolute Gasteiger partial charge is 0.366 e. The number of rotatable bonds is 4. The van der Waals surface area contributed by atoms with Crippen LogP contribution in [-0.4, -0.2) is 32.1 Å². The third-order valence-electron chi connectivity index (χ3n) is 5.23. The molecule has 1 fully saturated rings. The number of piperidine rings is 1. The summed E-state index contributed by atoms with van der Waals surface area (Å²) in [5.41, 5.74) is 8.21. The number of carbonyl (C=O) groups excluding carboxylic acids is 1. The Bertz CT molecular complexity index is 1050. The van der Waals surface area contributed by atoms with Crippen LogP contribution >= 0.6 is 0 Å². The third kappa shape index (κ3) is 3.50. The predicted octanol–water partition coefficient (Wildman–Crippen LogP) is 2.09. The van der Waals surface area contributed by atoms with E-state index in [2.05, 4.69) is 21.0 Å². The van der Waals surface area contributed by atoms with Gasteiger partial charge in [-0.25, -0.2) is 0 Å². The lowest BCUT2D eigenvalue weighted by molar-refractivity contribution is 0.100. The lowest BCUT2D eigenvalue weighted by atomic mass is 9.99. The number of H-pyrrole nitrogens is 1. The molecule has 0 bridgehead atoms. The second-order valence-electron chi connectivity index (χ2n) is 7.18. The van der Waals surface area contributed by atoms with E-state index >= 15 is 0 Å². The first-order valence-corrected chi connectivity index (χ1v) is 9.20. The van der Waals surface area contributed by atoms with Crippen molar-refractivity contribution in [1.29, 1.82) is 0 Å². The number of carbonyl (C=O) groups is 1. The van der Waals surface area contributed by atoms with Crippen LogP contribution in [0.1, 0.15) is 47.1 Å². The first kappa shape index (κ1) is 17.5. The molecule has 1 atom stereocenters. The number of amides is 1. The van der Waals surface area contributed by atoms with Gasteiger partial charge in [0, 0.05) is 48.0 Å². The molecule has 1 unspecified atom stereocenters. The molecular formula is C20H23N5O2. The van der Waals surface area contributed by atoms with E-state index in [9.17, 15) is 9.59 Å². The average molecular weight is 365 g/mol. The van der Waals surface area contributed by atoms with Crippen LogP contribution in [0.4, 0.5) is 0 Å². The highest BCUT2D eigenvalue weighted by molar-refractivity contribution is 5.96. The van der Waals surface area contributed by atoms with Crippen molar-refractivity contribution < 1.29 is 4.79 Å². The molecule has 140 valence electrons. The van der Waals surface area contributed by atoms with Gasteiger partial charge < -0.3 is 10.7 Å². The van der Waals surface area contributed by atoms with Crippen molar-refractivity contribution in [1.82, 2.24) is 19.7 Å². The van der Waals surface area contributed by atoms with Crippen LogP contribution in [0.5, 0.6) is 0 Å². The highest BCUT2D eigenvalue weighted by atomic mass is 16.1. The fourth-order valence-corrected chi connectivity index (χ4v) is 3.89. The SMILES string of the molecule is Cn1ccc(C2CCCCN2Cc2cc(=O)c3cc(C(N)=O)ccc3[nH]2)n1. The van der Waals surface area contributed by atoms with Gasteiger partial charge in [0.15, 0.2) is 5.43 Å². The summed E-state index contributed by atoms with van der Waals surface area (Å²) in [7, 11) is 1.93. The summed E-state index contributed by atoms with van der Waals surface area (Å²) >= 11 is 0. The third-order valence-corrected chi connectivity index (χ3v) is 5.23. The number of hydrogen-bond donors (Lipinski definition) is 2. The number of nitrogens with zero attached hydrogens (tertiary/aromatic N) is 3. The van der Waals surface area contributed by atoms with Crippen LogP contribution in [0.25, 0.3) is 10.9 Å². The number of pyridine rings is 1. The summed E-state index contributed by atoms with van der Waals surface area (Å²) < 4.78 is 1.83. The van der Waals surface area contributed by atoms with Gasteiger partial charge in [-0.1, -0.05) is 6.42 Å². The summed E-state index contributed by atoms with van der Waals surface area (Å²) in [4.78, 5) is 29.6. The zero-order valence-electron chi connectivity index (χ0n) is 15.3. The molecule has 27 heavy (non-hydrogen) atoms. The molecule has 1 saturated heterocycles. The van der Waals surface area contributed by atoms with Gasteiger partial charge in [-0.3, -0.25) is 19.2 Å². The molecule has 0 spiro atoms. The minimum atomic E-state index is -0.535. The molecule has 0 radical (unpaired) electrons. The zero-order valence-corrected chi connectivity index (χ0v) is 15.3. The lowest BCUT2D eigenvalue weighted by Crippen LogP contribution is -2.33. The van der Waals surface area contributed by atoms with E-state index in [0.29, 0.717) is 23.0 Å². The van der Waals surface area contributed by atoms with Crippen LogP contribution in [0.3, 0.4) is 0 Å². The lowest BCUT2D eigenvalue weighted by Gasteiger charge is -2.34. The van der Waals surface area contributed by atoms with E-state index in [0.717, 1.165) is 30.8 Å². The number of benzene rings is 1.